The number of rotatable bonds is 3. The van der Waals surface area contributed by atoms with Crippen molar-refractivity contribution in [2.24, 2.45) is 0 Å². The van der Waals surface area contributed by atoms with E-state index in [4.69, 9.17) is 0 Å². The maximum Gasteiger partial charge on any atom is 0.221 e. The summed E-state index contributed by atoms with van der Waals surface area (Å²) in [6.07, 6.45) is 4.18. The topological polar surface area (TPSA) is 34.0 Å². The molecule has 3 heteroatoms. The Hall–Kier alpha value is -3.33. The SMILES string of the molecule is CC(=O)Nc1ccc(/C=C/n2c3ccccc3c3ccccc32)cc1. The molecule has 1 heterocycles. The molecule has 0 fully saturated rings. The maximum atomic E-state index is 11.1. The maximum absolute atomic E-state index is 11.1. The highest BCUT2D eigenvalue weighted by Gasteiger charge is 2.07. The van der Waals surface area contributed by atoms with Crippen LogP contribution in [0, 0.1) is 0 Å². The van der Waals surface area contributed by atoms with Crippen molar-refractivity contribution in [2.75, 3.05) is 5.32 Å². The quantitative estimate of drug-likeness (QED) is 0.539. The second kappa shape index (κ2) is 6.29. The van der Waals surface area contributed by atoms with Crippen LogP contribution in [-0.4, -0.2) is 10.5 Å². The van der Waals surface area contributed by atoms with Crippen molar-refractivity contribution in [1.82, 2.24) is 4.57 Å². The smallest absolute Gasteiger partial charge is 0.221 e. The molecular formula is C22H18N2O. The number of hydrogen-bond acceptors (Lipinski definition) is 1. The molecule has 3 aromatic carbocycles. The first-order valence-corrected chi connectivity index (χ1v) is 8.26. The van der Waals surface area contributed by atoms with Crippen LogP contribution < -0.4 is 5.32 Å². The summed E-state index contributed by atoms with van der Waals surface area (Å²) in [5.74, 6) is -0.0615. The highest BCUT2D eigenvalue weighted by molar-refractivity contribution is 6.09. The predicted octanol–water partition coefficient (Wildman–Crippen LogP) is 5.38. The lowest BCUT2D eigenvalue weighted by molar-refractivity contribution is -0.114. The Labute approximate surface area is 146 Å². The average molecular weight is 326 g/mol. The highest BCUT2D eigenvalue weighted by Crippen LogP contribution is 2.29. The number of amides is 1. The van der Waals surface area contributed by atoms with Crippen molar-refractivity contribution in [1.29, 1.82) is 0 Å². The van der Waals surface area contributed by atoms with E-state index in [1.807, 2.05) is 24.3 Å². The van der Waals surface area contributed by atoms with E-state index < -0.39 is 0 Å². The third kappa shape index (κ3) is 2.92. The van der Waals surface area contributed by atoms with Crippen LogP contribution in [0.15, 0.2) is 72.8 Å². The van der Waals surface area contributed by atoms with Crippen LogP contribution in [-0.2, 0) is 4.79 Å². The number of para-hydroxylation sites is 2. The Morgan fingerprint density at radius 2 is 1.40 bits per heavy atom. The van der Waals surface area contributed by atoms with Crippen molar-refractivity contribution in [2.45, 2.75) is 6.92 Å². The molecule has 0 saturated carbocycles. The second-order valence-electron chi connectivity index (χ2n) is 6.02. The monoisotopic (exact) mass is 326 g/mol. The van der Waals surface area contributed by atoms with Crippen LogP contribution in [0.25, 0.3) is 34.1 Å². The fourth-order valence-corrected chi connectivity index (χ4v) is 3.15. The molecular weight excluding hydrogens is 308 g/mol. The number of hydrogen-bond donors (Lipinski definition) is 1. The van der Waals surface area contributed by atoms with Crippen LogP contribution in [0.1, 0.15) is 12.5 Å². The lowest BCUT2D eigenvalue weighted by Crippen LogP contribution is -2.05. The summed E-state index contributed by atoms with van der Waals surface area (Å²) in [6, 6.07) is 24.7. The minimum absolute atomic E-state index is 0.0615. The minimum atomic E-state index is -0.0615. The molecule has 0 bridgehead atoms. The highest BCUT2D eigenvalue weighted by atomic mass is 16.1. The first-order chi connectivity index (χ1) is 12.2. The molecule has 1 aromatic heterocycles. The standard InChI is InChI=1S/C22H18N2O/c1-16(25)23-18-12-10-17(11-13-18)14-15-24-21-8-4-2-6-19(21)20-7-3-5-9-22(20)24/h2-15H,1H3,(H,23,25)/b15-14+. The van der Waals surface area contributed by atoms with Gasteiger partial charge in [-0.2, -0.15) is 0 Å². The molecule has 0 aliphatic heterocycles. The largest absolute Gasteiger partial charge is 0.326 e. The van der Waals surface area contributed by atoms with Gasteiger partial charge < -0.3 is 9.88 Å². The molecule has 0 saturated heterocycles. The number of carbonyl (C=O) groups is 1. The average Bonchev–Trinajstić information content (AvgIpc) is 2.95. The summed E-state index contributed by atoms with van der Waals surface area (Å²) in [5.41, 5.74) is 4.27. The zero-order chi connectivity index (χ0) is 17.2. The molecule has 4 rings (SSSR count). The number of aromatic nitrogens is 1. The molecule has 0 radical (unpaired) electrons. The van der Waals surface area contributed by atoms with Gasteiger partial charge in [-0.3, -0.25) is 4.79 Å². The van der Waals surface area contributed by atoms with Crippen LogP contribution in [0.4, 0.5) is 5.69 Å². The second-order valence-corrected chi connectivity index (χ2v) is 6.02. The van der Waals surface area contributed by atoms with Crippen molar-refractivity contribution >= 4 is 45.7 Å². The van der Waals surface area contributed by atoms with Gasteiger partial charge >= 0.3 is 0 Å². The number of carbonyl (C=O) groups excluding carboxylic acids is 1. The summed E-state index contributed by atoms with van der Waals surface area (Å²) >= 11 is 0. The zero-order valence-electron chi connectivity index (χ0n) is 13.9. The Morgan fingerprint density at radius 1 is 0.840 bits per heavy atom. The van der Waals surface area contributed by atoms with Gasteiger partial charge in [0.1, 0.15) is 0 Å². The summed E-state index contributed by atoms with van der Waals surface area (Å²) in [4.78, 5) is 11.1. The summed E-state index contributed by atoms with van der Waals surface area (Å²) in [7, 11) is 0. The third-order valence-corrected chi connectivity index (χ3v) is 4.26. The summed E-state index contributed by atoms with van der Waals surface area (Å²) < 4.78 is 2.21. The predicted molar refractivity (Wildman–Crippen MR) is 105 cm³/mol. The fourth-order valence-electron chi connectivity index (χ4n) is 3.15. The van der Waals surface area contributed by atoms with E-state index in [-0.39, 0.29) is 5.91 Å². The Bertz CT molecular complexity index is 1030. The van der Waals surface area contributed by atoms with Crippen LogP contribution in [0.5, 0.6) is 0 Å². The van der Waals surface area contributed by atoms with Gasteiger partial charge in [0.25, 0.3) is 0 Å². The zero-order valence-corrected chi connectivity index (χ0v) is 13.9. The van der Waals surface area contributed by atoms with Gasteiger partial charge in [0.2, 0.25) is 5.91 Å². The van der Waals surface area contributed by atoms with Gasteiger partial charge in [0, 0.05) is 29.6 Å². The fraction of sp³-hybridized carbons (Fsp3) is 0.0455. The molecule has 122 valence electrons. The number of nitrogens with zero attached hydrogens (tertiary/aromatic N) is 1. The molecule has 4 aromatic rings. The van der Waals surface area contributed by atoms with E-state index >= 15 is 0 Å². The first kappa shape index (κ1) is 15.2. The van der Waals surface area contributed by atoms with Crippen molar-refractivity contribution in [3.8, 4) is 0 Å². The molecule has 3 nitrogen and oxygen atoms in total. The lowest BCUT2D eigenvalue weighted by Gasteiger charge is -2.03. The van der Waals surface area contributed by atoms with Gasteiger partial charge in [0.05, 0.1) is 11.0 Å². The van der Waals surface area contributed by atoms with Crippen molar-refractivity contribution < 1.29 is 4.79 Å². The molecule has 0 aliphatic carbocycles. The van der Waals surface area contributed by atoms with E-state index in [1.165, 1.54) is 28.7 Å². The van der Waals surface area contributed by atoms with Crippen molar-refractivity contribution in [3.05, 3.63) is 78.4 Å². The molecule has 0 unspecified atom stereocenters. The molecule has 0 atom stereocenters. The Kier molecular flexibility index (Phi) is 3.82. The van der Waals surface area contributed by atoms with Gasteiger partial charge in [-0.05, 0) is 35.9 Å². The summed E-state index contributed by atoms with van der Waals surface area (Å²) in [6.45, 7) is 1.51. The van der Waals surface area contributed by atoms with E-state index in [1.54, 1.807) is 0 Å². The summed E-state index contributed by atoms with van der Waals surface area (Å²) in [5, 5.41) is 5.29. The minimum Gasteiger partial charge on any atom is -0.326 e. The van der Waals surface area contributed by atoms with Gasteiger partial charge in [0.15, 0.2) is 0 Å². The lowest BCUT2D eigenvalue weighted by atomic mass is 10.2. The Balaban J connectivity index is 1.74. The third-order valence-electron chi connectivity index (χ3n) is 4.26. The van der Waals surface area contributed by atoms with E-state index in [2.05, 4.69) is 70.7 Å². The first-order valence-electron chi connectivity index (χ1n) is 8.26. The Morgan fingerprint density at radius 3 is 1.96 bits per heavy atom. The molecule has 1 N–H and O–H groups in total. The van der Waals surface area contributed by atoms with Gasteiger partial charge in [-0.1, -0.05) is 48.5 Å². The molecule has 1 amide bonds. The normalized spacial score (nSPS) is 11.4. The molecule has 0 spiro atoms. The number of benzene rings is 3. The number of fused-ring (bicyclic) bond motifs is 3. The number of anilines is 1. The van der Waals surface area contributed by atoms with E-state index in [0.717, 1.165) is 11.3 Å². The van der Waals surface area contributed by atoms with Crippen molar-refractivity contribution in [3.63, 3.8) is 0 Å². The van der Waals surface area contributed by atoms with E-state index in [0.29, 0.717) is 0 Å². The van der Waals surface area contributed by atoms with Gasteiger partial charge in [-0.25, -0.2) is 0 Å². The number of nitrogens with one attached hydrogen (secondary N) is 1. The van der Waals surface area contributed by atoms with E-state index in [9.17, 15) is 4.79 Å². The van der Waals surface area contributed by atoms with Crippen LogP contribution in [0.2, 0.25) is 0 Å². The van der Waals surface area contributed by atoms with Gasteiger partial charge in [-0.15, -0.1) is 0 Å². The molecule has 0 aliphatic rings. The van der Waals surface area contributed by atoms with Crippen LogP contribution >= 0.6 is 0 Å². The molecule has 25 heavy (non-hydrogen) atoms. The van der Waals surface area contributed by atoms with Crippen LogP contribution in [0.3, 0.4) is 0 Å².